The third-order valence-corrected chi connectivity index (χ3v) is 5.13. The van der Waals surface area contributed by atoms with Gasteiger partial charge in [0.05, 0.1) is 19.8 Å². The molecule has 0 radical (unpaired) electrons. The van der Waals surface area contributed by atoms with Crippen LogP contribution in [0.4, 0.5) is 0 Å². The molecule has 3 aliphatic rings. The molecular formula is C16H27N3O3. The van der Waals surface area contributed by atoms with E-state index < -0.39 is 0 Å². The molecule has 22 heavy (non-hydrogen) atoms. The zero-order valence-corrected chi connectivity index (χ0v) is 13.3. The first-order chi connectivity index (χ1) is 10.7. The molecular weight excluding hydrogens is 282 g/mol. The number of ether oxygens (including phenoxy) is 1. The van der Waals surface area contributed by atoms with Crippen molar-refractivity contribution in [3.63, 3.8) is 0 Å². The van der Waals surface area contributed by atoms with Gasteiger partial charge in [0.2, 0.25) is 11.8 Å². The number of hydrogen-bond acceptors (Lipinski definition) is 4. The molecule has 0 unspecified atom stereocenters. The second-order valence-corrected chi connectivity index (χ2v) is 6.68. The summed E-state index contributed by atoms with van der Waals surface area (Å²) in [4.78, 5) is 28.3. The van der Waals surface area contributed by atoms with Crippen LogP contribution in [0, 0.1) is 5.92 Å². The van der Waals surface area contributed by atoms with Crippen LogP contribution >= 0.6 is 0 Å². The number of likely N-dealkylation sites (tertiary alicyclic amines) is 1. The summed E-state index contributed by atoms with van der Waals surface area (Å²) in [5, 5.41) is 3.18. The molecule has 6 heteroatoms. The lowest BCUT2D eigenvalue weighted by atomic mass is 9.84. The lowest BCUT2D eigenvalue weighted by Gasteiger charge is -2.35. The van der Waals surface area contributed by atoms with Gasteiger partial charge in [-0.3, -0.25) is 14.5 Å². The quantitative estimate of drug-likeness (QED) is 0.807. The summed E-state index contributed by atoms with van der Waals surface area (Å²) in [5.74, 6) is 0.718. The Hall–Kier alpha value is -1.14. The predicted octanol–water partition coefficient (Wildman–Crippen LogP) is 0.226. The van der Waals surface area contributed by atoms with Crippen molar-refractivity contribution in [1.29, 1.82) is 0 Å². The van der Waals surface area contributed by atoms with Crippen LogP contribution in [0.15, 0.2) is 0 Å². The van der Waals surface area contributed by atoms with Crippen molar-refractivity contribution >= 4 is 11.8 Å². The standard InChI is InChI=1S/C16H27N3O3/c20-15(19-8-10-22-11-9-19)12-18-6-4-14(5-7-18)17-16(21)13-2-1-3-13/h13-14H,1-12H2,(H,17,21). The monoisotopic (exact) mass is 309 g/mol. The minimum atomic E-state index is 0.209. The highest BCUT2D eigenvalue weighted by molar-refractivity contribution is 5.79. The number of nitrogens with zero attached hydrogens (tertiary/aromatic N) is 2. The third kappa shape index (κ3) is 3.98. The van der Waals surface area contributed by atoms with Gasteiger partial charge in [-0.2, -0.15) is 0 Å². The SMILES string of the molecule is O=C(NC1CCN(CC(=O)N2CCOCC2)CC1)C1CCC1. The summed E-state index contributed by atoms with van der Waals surface area (Å²) in [5.41, 5.74) is 0. The lowest BCUT2D eigenvalue weighted by molar-refractivity contribution is -0.137. The molecule has 0 atom stereocenters. The van der Waals surface area contributed by atoms with E-state index in [2.05, 4.69) is 10.2 Å². The zero-order chi connectivity index (χ0) is 15.4. The van der Waals surface area contributed by atoms with Gasteiger partial charge in [0.1, 0.15) is 0 Å². The maximum absolute atomic E-state index is 12.2. The Kier molecular flexibility index (Phi) is 5.31. The summed E-state index contributed by atoms with van der Waals surface area (Å²) in [6, 6.07) is 0.294. The van der Waals surface area contributed by atoms with E-state index in [4.69, 9.17) is 4.74 Å². The van der Waals surface area contributed by atoms with Gasteiger partial charge >= 0.3 is 0 Å². The number of nitrogens with one attached hydrogen (secondary N) is 1. The molecule has 2 aliphatic heterocycles. The van der Waals surface area contributed by atoms with Gasteiger partial charge in [0.15, 0.2) is 0 Å². The van der Waals surface area contributed by atoms with Crippen molar-refractivity contribution in [3.05, 3.63) is 0 Å². The van der Waals surface area contributed by atoms with Gasteiger partial charge in [0.25, 0.3) is 0 Å². The van der Waals surface area contributed by atoms with Crippen LogP contribution in [0.1, 0.15) is 32.1 Å². The first-order valence-electron chi connectivity index (χ1n) is 8.60. The van der Waals surface area contributed by atoms with Crippen molar-refractivity contribution in [2.75, 3.05) is 45.9 Å². The van der Waals surface area contributed by atoms with Crippen LogP contribution in [0.25, 0.3) is 0 Å². The van der Waals surface area contributed by atoms with Gasteiger partial charge in [-0.25, -0.2) is 0 Å². The Morgan fingerprint density at radius 3 is 2.27 bits per heavy atom. The van der Waals surface area contributed by atoms with E-state index in [1.807, 2.05) is 4.90 Å². The molecule has 0 bridgehead atoms. The summed E-state index contributed by atoms with van der Waals surface area (Å²) >= 11 is 0. The molecule has 2 saturated heterocycles. The van der Waals surface area contributed by atoms with Crippen LogP contribution in [0.3, 0.4) is 0 Å². The van der Waals surface area contributed by atoms with Crippen molar-refractivity contribution in [1.82, 2.24) is 15.1 Å². The highest BCUT2D eigenvalue weighted by atomic mass is 16.5. The van der Waals surface area contributed by atoms with Gasteiger partial charge in [-0.1, -0.05) is 6.42 Å². The second kappa shape index (κ2) is 7.42. The average molecular weight is 309 g/mol. The predicted molar refractivity (Wildman–Crippen MR) is 82.3 cm³/mol. The number of piperidine rings is 1. The molecule has 0 spiro atoms. The molecule has 1 aliphatic carbocycles. The molecule has 2 amide bonds. The smallest absolute Gasteiger partial charge is 0.236 e. The van der Waals surface area contributed by atoms with Crippen LogP contribution in [-0.4, -0.2) is 73.6 Å². The van der Waals surface area contributed by atoms with E-state index in [1.165, 1.54) is 6.42 Å². The van der Waals surface area contributed by atoms with E-state index in [1.54, 1.807) is 0 Å². The third-order valence-electron chi connectivity index (χ3n) is 5.13. The van der Waals surface area contributed by atoms with Crippen molar-refractivity contribution < 1.29 is 14.3 Å². The van der Waals surface area contributed by atoms with E-state index in [0.717, 1.165) is 38.8 Å². The normalized spacial score (nSPS) is 24.8. The maximum atomic E-state index is 12.2. The average Bonchev–Trinajstić information content (AvgIpc) is 2.48. The Labute approximate surface area is 132 Å². The number of carbonyl (C=O) groups is 2. The molecule has 6 nitrogen and oxygen atoms in total. The van der Waals surface area contributed by atoms with Crippen LogP contribution < -0.4 is 5.32 Å². The van der Waals surface area contributed by atoms with Crippen molar-refractivity contribution in [2.45, 2.75) is 38.1 Å². The molecule has 2 heterocycles. The van der Waals surface area contributed by atoms with E-state index in [9.17, 15) is 9.59 Å². The number of carbonyl (C=O) groups excluding carboxylic acids is 2. The van der Waals surface area contributed by atoms with Crippen LogP contribution in [0.5, 0.6) is 0 Å². The fraction of sp³-hybridized carbons (Fsp3) is 0.875. The minimum absolute atomic E-state index is 0.209. The summed E-state index contributed by atoms with van der Waals surface area (Å²) in [7, 11) is 0. The number of hydrogen-bond donors (Lipinski definition) is 1. The fourth-order valence-electron chi connectivity index (χ4n) is 3.33. The van der Waals surface area contributed by atoms with Gasteiger partial charge in [-0.05, 0) is 25.7 Å². The van der Waals surface area contributed by atoms with Gasteiger partial charge in [-0.15, -0.1) is 0 Å². The number of amides is 2. The molecule has 0 aromatic carbocycles. The van der Waals surface area contributed by atoms with Gasteiger partial charge < -0.3 is 15.0 Å². The first kappa shape index (κ1) is 15.7. The van der Waals surface area contributed by atoms with E-state index >= 15 is 0 Å². The Balaban J connectivity index is 1.36. The van der Waals surface area contributed by atoms with E-state index in [0.29, 0.717) is 38.9 Å². The molecule has 0 aromatic rings. The van der Waals surface area contributed by atoms with Crippen molar-refractivity contribution in [3.8, 4) is 0 Å². The number of morpholine rings is 1. The van der Waals surface area contributed by atoms with Crippen LogP contribution in [-0.2, 0) is 14.3 Å². The largest absolute Gasteiger partial charge is 0.378 e. The zero-order valence-electron chi connectivity index (χ0n) is 13.3. The minimum Gasteiger partial charge on any atom is -0.378 e. The Morgan fingerprint density at radius 1 is 1.00 bits per heavy atom. The number of rotatable bonds is 4. The first-order valence-corrected chi connectivity index (χ1v) is 8.60. The van der Waals surface area contributed by atoms with Crippen molar-refractivity contribution in [2.24, 2.45) is 5.92 Å². The Bertz CT molecular complexity index is 397. The molecule has 3 rings (SSSR count). The topological polar surface area (TPSA) is 61.9 Å². The molecule has 1 N–H and O–H groups in total. The summed E-state index contributed by atoms with van der Waals surface area (Å²) in [6.45, 7) is 5.03. The van der Waals surface area contributed by atoms with E-state index in [-0.39, 0.29) is 17.7 Å². The fourth-order valence-corrected chi connectivity index (χ4v) is 3.33. The second-order valence-electron chi connectivity index (χ2n) is 6.68. The summed E-state index contributed by atoms with van der Waals surface area (Å²) < 4.78 is 5.28. The molecule has 1 saturated carbocycles. The summed E-state index contributed by atoms with van der Waals surface area (Å²) in [6.07, 6.45) is 5.21. The van der Waals surface area contributed by atoms with Crippen LogP contribution in [0.2, 0.25) is 0 Å². The molecule has 124 valence electrons. The highest BCUT2D eigenvalue weighted by Crippen LogP contribution is 2.26. The lowest BCUT2D eigenvalue weighted by Crippen LogP contribution is -2.50. The molecule has 3 fully saturated rings. The molecule has 0 aromatic heterocycles. The Morgan fingerprint density at radius 2 is 1.68 bits per heavy atom. The maximum Gasteiger partial charge on any atom is 0.236 e. The van der Waals surface area contributed by atoms with Gasteiger partial charge in [0, 0.05) is 38.1 Å². The highest BCUT2D eigenvalue weighted by Gasteiger charge is 2.29.